The van der Waals surface area contributed by atoms with Crippen molar-refractivity contribution >= 4 is 12.1 Å². The molecule has 0 radical (unpaired) electrons. The van der Waals surface area contributed by atoms with Crippen molar-refractivity contribution in [1.82, 2.24) is 10.3 Å². The number of carbonyl (C=O) groups is 1. The zero-order valence-corrected chi connectivity index (χ0v) is 17.3. The highest BCUT2D eigenvalue weighted by Crippen LogP contribution is 2.15. The fourth-order valence-electron chi connectivity index (χ4n) is 2.07. The molecule has 30 heavy (non-hydrogen) atoms. The summed E-state index contributed by atoms with van der Waals surface area (Å²) < 4.78 is 25.6. The van der Waals surface area contributed by atoms with Gasteiger partial charge in [0, 0.05) is 55.0 Å². The molecule has 0 aliphatic rings. The van der Waals surface area contributed by atoms with Gasteiger partial charge in [0.1, 0.15) is 0 Å². The average Bonchev–Trinajstić information content (AvgIpc) is 2.70. The summed E-state index contributed by atoms with van der Waals surface area (Å²) in [5, 5.41) is 2.54. The van der Waals surface area contributed by atoms with Gasteiger partial charge in [0.25, 0.3) is 0 Å². The molecule has 0 atom stereocenters. The molecule has 1 heterocycles. The van der Waals surface area contributed by atoms with Gasteiger partial charge in [-0.15, -0.1) is 0 Å². The lowest BCUT2D eigenvalue weighted by Crippen LogP contribution is -2.22. The Hall–Kier alpha value is -3.53. The van der Waals surface area contributed by atoms with Gasteiger partial charge >= 0.3 is 0 Å². The number of amides is 1. The Labute approximate surface area is 176 Å². The molecule has 5 nitrogen and oxygen atoms in total. The zero-order chi connectivity index (χ0) is 22.4. The molecule has 1 aromatic rings. The van der Waals surface area contributed by atoms with Crippen molar-refractivity contribution in [2.45, 2.75) is 33.1 Å². The van der Waals surface area contributed by atoms with Crippen LogP contribution in [0.2, 0.25) is 0 Å². The van der Waals surface area contributed by atoms with Crippen LogP contribution in [-0.4, -0.2) is 29.6 Å². The molecule has 0 aromatic carbocycles. The molecule has 3 N–H and O–H groups in total. The van der Waals surface area contributed by atoms with Gasteiger partial charge in [-0.05, 0) is 44.6 Å². The van der Waals surface area contributed by atoms with E-state index in [1.54, 1.807) is 24.5 Å². The Bertz CT molecular complexity index is 912. The number of nitrogens with zero attached hydrogens (tertiary/aromatic N) is 2. The van der Waals surface area contributed by atoms with Gasteiger partial charge < -0.3 is 11.1 Å². The summed E-state index contributed by atoms with van der Waals surface area (Å²) in [6.07, 6.45) is 12.0. The first-order valence-electron chi connectivity index (χ1n) is 9.29. The molecule has 0 unspecified atom stereocenters. The number of halogens is 2. The second kappa shape index (κ2) is 12.8. The maximum atomic E-state index is 12.8. The summed E-state index contributed by atoms with van der Waals surface area (Å²) in [5.74, 6) is 2.80. The lowest BCUT2D eigenvalue weighted by Gasteiger charge is -2.07. The van der Waals surface area contributed by atoms with Gasteiger partial charge in [-0.25, -0.2) is 8.78 Å². The number of aliphatic imine (C=N–C) groups is 1. The number of rotatable bonds is 8. The quantitative estimate of drug-likeness (QED) is 0.294. The van der Waals surface area contributed by atoms with E-state index in [9.17, 15) is 13.6 Å². The molecule has 1 rings (SSSR count). The van der Waals surface area contributed by atoms with Gasteiger partial charge in [-0.1, -0.05) is 24.0 Å². The van der Waals surface area contributed by atoms with Crippen molar-refractivity contribution in [1.29, 1.82) is 0 Å². The number of hydrogen-bond donors (Lipinski definition) is 2. The number of nitrogens with one attached hydrogen (secondary N) is 1. The number of allylic oxidation sites excluding steroid dienone is 6. The minimum atomic E-state index is -2.79. The van der Waals surface area contributed by atoms with Gasteiger partial charge in [-0.2, -0.15) is 0 Å². The van der Waals surface area contributed by atoms with E-state index in [4.69, 9.17) is 5.73 Å². The molecule has 0 aliphatic heterocycles. The van der Waals surface area contributed by atoms with E-state index in [-0.39, 0.29) is 18.7 Å². The highest BCUT2D eigenvalue weighted by Gasteiger charge is 2.19. The van der Waals surface area contributed by atoms with Gasteiger partial charge in [0.2, 0.25) is 11.8 Å². The van der Waals surface area contributed by atoms with Gasteiger partial charge in [0.05, 0.1) is 5.70 Å². The van der Waals surface area contributed by atoms with Crippen molar-refractivity contribution < 1.29 is 13.6 Å². The molecule has 7 heteroatoms. The van der Waals surface area contributed by atoms with Crippen LogP contribution in [0.25, 0.3) is 0 Å². The normalized spacial score (nSPS) is 13.4. The van der Waals surface area contributed by atoms with E-state index in [1.807, 2.05) is 32.1 Å². The van der Waals surface area contributed by atoms with Crippen molar-refractivity contribution in [2.24, 2.45) is 10.7 Å². The van der Waals surface area contributed by atoms with Crippen LogP contribution < -0.4 is 11.1 Å². The number of alkyl halides is 2. The number of aromatic nitrogens is 1. The Morgan fingerprint density at radius 2 is 2.13 bits per heavy atom. The van der Waals surface area contributed by atoms with Crippen LogP contribution in [0, 0.1) is 11.8 Å². The molecular weight excluding hydrogens is 386 g/mol. The standard InChI is InChI=1S/C23H26F2N4O/c1-4-6-18(2)20(9-8-19-7-5-13-27-16-19)10-11-22(30)29-21(15-26)17-28-14-12-23(3,24)25/h4-7,10-11,13,15-17H,12,14,26H2,1-3H3,(H,29,30)/b6-4-,11-10+,20-18-,21-15+,28-17?. The average molecular weight is 412 g/mol. The van der Waals surface area contributed by atoms with E-state index in [1.165, 1.54) is 12.3 Å². The highest BCUT2D eigenvalue weighted by molar-refractivity contribution is 5.94. The summed E-state index contributed by atoms with van der Waals surface area (Å²) >= 11 is 0. The third-order valence-corrected chi connectivity index (χ3v) is 3.60. The lowest BCUT2D eigenvalue weighted by molar-refractivity contribution is -0.115. The molecule has 1 aromatic heterocycles. The molecule has 0 bridgehead atoms. The largest absolute Gasteiger partial charge is 0.403 e. The van der Waals surface area contributed by atoms with Crippen LogP contribution in [0.4, 0.5) is 8.78 Å². The Kier molecular flexibility index (Phi) is 10.5. The maximum absolute atomic E-state index is 12.8. The van der Waals surface area contributed by atoms with Crippen LogP contribution in [-0.2, 0) is 4.79 Å². The van der Waals surface area contributed by atoms with Crippen LogP contribution >= 0.6 is 0 Å². The second-order valence-electron chi connectivity index (χ2n) is 6.39. The molecule has 1 amide bonds. The minimum Gasteiger partial charge on any atom is -0.403 e. The molecule has 0 fully saturated rings. The molecule has 0 saturated carbocycles. The Morgan fingerprint density at radius 3 is 2.73 bits per heavy atom. The lowest BCUT2D eigenvalue weighted by atomic mass is 10.1. The summed E-state index contributed by atoms with van der Waals surface area (Å²) in [6.45, 7) is 4.52. The fourth-order valence-corrected chi connectivity index (χ4v) is 2.07. The summed E-state index contributed by atoms with van der Waals surface area (Å²) in [4.78, 5) is 20.1. The van der Waals surface area contributed by atoms with Crippen molar-refractivity contribution in [2.75, 3.05) is 6.54 Å². The smallest absolute Gasteiger partial charge is 0.248 e. The maximum Gasteiger partial charge on any atom is 0.248 e. The van der Waals surface area contributed by atoms with E-state index < -0.39 is 11.8 Å². The first kappa shape index (κ1) is 24.5. The van der Waals surface area contributed by atoms with E-state index in [2.05, 4.69) is 27.1 Å². The highest BCUT2D eigenvalue weighted by atomic mass is 19.3. The summed E-state index contributed by atoms with van der Waals surface area (Å²) in [6, 6.07) is 3.63. The predicted octanol–water partition coefficient (Wildman–Crippen LogP) is 3.91. The van der Waals surface area contributed by atoms with E-state index in [0.717, 1.165) is 24.3 Å². The van der Waals surface area contributed by atoms with E-state index in [0.29, 0.717) is 5.57 Å². The van der Waals surface area contributed by atoms with E-state index >= 15 is 0 Å². The zero-order valence-electron chi connectivity index (χ0n) is 17.3. The van der Waals surface area contributed by atoms with Crippen molar-refractivity contribution in [3.05, 3.63) is 77.4 Å². The van der Waals surface area contributed by atoms with Crippen molar-refractivity contribution in [3.63, 3.8) is 0 Å². The first-order valence-corrected chi connectivity index (χ1v) is 9.29. The molecule has 0 aliphatic carbocycles. The summed E-state index contributed by atoms with van der Waals surface area (Å²) in [7, 11) is 0. The minimum absolute atomic E-state index is 0.0775. The number of pyridine rings is 1. The first-order chi connectivity index (χ1) is 14.2. The topological polar surface area (TPSA) is 80.4 Å². The molecule has 0 saturated heterocycles. The predicted molar refractivity (Wildman–Crippen MR) is 117 cm³/mol. The van der Waals surface area contributed by atoms with Crippen LogP contribution in [0.15, 0.2) is 76.9 Å². The molecule has 0 spiro atoms. The third kappa shape index (κ3) is 10.7. The SMILES string of the molecule is C\C=C/C(C)=C(C#Cc1cccnc1)\C=C\C(=O)N/C(C=NCCC(C)(F)F)=C/N. The van der Waals surface area contributed by atoms with Crippen LogP contribution in [0.3, 0.4) is 0 Å². The third-order valence-electron chi connectivity index (χ3n) is 3.60. The Balaban J connectivity index is 2.85. The number of nitrogens with two attached hydrogens (primary N) is 1. The van der Waals surface area contributed by atoms with Crippen LogP contribution in [0.1, 0.15) is 32.8 Å². The van der Waals surface area contributed by atoms with Crippen molar-refractivity contribution in [3.8, 4) is 11.8 Å². The fraction of sp³-hybridized carbons (Fsp3) is 0.261. The molecule has 158 valence electrons. The second-order valence-corrected chi connectivity index (χ2v) is 6.39. The van der Waals surface area contributed by atoms with Gasteiger partial charge in [0.15, 0.2) is 0 Å². The summed E-state index contributed by atoms with van der Waals surface area (Å²) in [5.41, 5.74) is 7.96. The number of hydrogen-bond acceptors (Lipinski definition) is 4. The monoisotopic (exact) mass is 412 g/mol. The van der Waals surface area contributed by atoms with Crippen LogP contribution in [0.5, 0.6) is 0 Å². The molecular formula is C23H26F2N4O. The number of carbonyl (C=O) groups excluding carboxylic acids is 1. The Morgan fingerprint density at radius 1 is 1.37 bits per heavy atom. The van der Waals surface area contributed by atoms with Gasteiger partial charge in [-0.3, -0.25) is 14.8 Å².